The topological polar surface area (TPSA) is 104 Å². The lowest BCUT2D eigenvalue weighted by atomic mass is 10.1. The fourth-order valence-corrected chi connectivity index (χ4v) is 3.27. The van der Waals surface area contributed by atoms with Gasteiger partial charge in [0, 0.05) is 23.1 Å². The van der Waals surface area contributed by atoms with Crippen LogP contribution in [0.5, 0.6) is 11.5 Å². The molecule has 0 saturated carbocycles. The molecule has 1 aromatic heterocycles. The van der Waals surface area contributed by atoms with E-state index >= 15 is 0 Å². The van der Waals surface area contributed by atoms with Gasteiger partial charge in [-0.2, -0.15) is 0 Å². The second-order valence-electron chi connectivity index (χ2n) is 5.70. The van der Waals surface area contributed by atoms with Crippen molar-refractivity contribution in [3.8, 4) is 22.8 Å². The molecule has 4 rings (SSSR count). The Balaban J connectivity index is 1.43. The Bertz CT molecular complexity index is 1000. The monoisotopic (exact) mass is 383 g/mol. The van der Waals surface area contributed by atoms with E-state index in [9.17, 15) is 14.9 Å². The molecule has 27 heavy (non-hydrogen) atoms. The summed E-state index contributed by atoms with van der Waals surface area (Å²) in [5.74, 6) is 0.778. The zero-order valence-electron chi connectivity index (χ0n) is 13.8. The average Bonchev–Trinajstić information content (AvgIpc) is 3.16. The van der Waals surface area contributed by atoms with Gasteiger partial charge in [0.15, 0.2) is 16.6 Å². The van der Waals surface area contributed by atoms with Crippen LogP contribution in [-0.4, -0.2) is 28.5 Å². The zero-order chi connectivity index (χ0) is 18.8. The quantitative estimate of drug-likeness (QED) is 0.546. The van der Waals surface area contributed by atoms with E-state index in [0.717, 1.165) is 5.56 Å². The standard InChI is InChI=1S/C18H13N3O5S/c22-17(16-9-25-14-3-1-2-4-15(14)26-16)20-18-19-13(10-27-18)11-5-7-12(8-6-11)21(23)24/h1-8,10,16H,9H2,(H,19,20,22). The Hall–Kier alpha value is -3.46. The van der Waals surface area contributed by atoms with Gasteiger partial charge in [0.1, 0.15) is 6.61 Å². The largest absolute Gasteiger partial charge is 0.485 e. The average molecular weight is 383 g/mol. The van der Waals surface area contributed by atoms with Crippen LogP contribution in [0.15, 0.2) is 53.9 Å². The second-order valence-corrected chi connectivity index (χ2v) is 6.55. The maximum Gasteiger partial charge on any atom is 0.270 e. The molecule has 136 valence electrons. The van der Waals surface area contributed by atoms with Gasteiger partial charge in [-0.15, -0.1) is 11.3 Å². The molecule has 1 N–H and O–H groups in total. The molecule has 0 bridgehead atoms. The van der Waals surface area contributed by atoms with Gasteiger partial charge in [0.05, 0.1) is 10.6 Å². The van der Waals surface area contributed by atoms with Crippen LogP contribution in [-0.2, 0) is 4.79 Å². The summed E-state index contributed by atoms with van der Waals surface area (Å²) in [4.78, 5) is 27.0. The molecule has 8 nitrogen and oxygen atoms in total. The lowest BCUT2D eigenvalue weighted by Gasteiger charge is -2.25. The lowest BCUT2D eigenvalue weighted by molar-refractivity contribution is -0.384. The number of fused-ring (bicyclic) bond motifs is 1. The Labute approximate surface area is 157 Å². The number of carbonyl (C=O) groups is 1. The number of carbonyl (C=O) groups excluding carboxylic acids is 1. The molecule has 2 heterocycles. The summed E-state index contributed by atoms with van der Waals surface area (Å²) in [5.41, 5.74) is 1.36. The molecule has 0 aliphatic carbocycles. The number of anilines is 1. The summed E-state index contributed by atoms with van der Waals surface area (Å²) in [6, 6.07) is 13.2. The van der Waals surface area contributed by atoms with Crippen molar-refractivity contribution in [1.29, 1.82) is 0 Å². The van der Waals surface area contributed by atoms with Crippen LogP contribution in [0.1, 0.15) is 0 Å². The highest BCUT2D eigenvalue weighted by Crippen LogP contribution is 2.31. The Morgan fingerprint density at radius 3 is 2.67 bits per heavy atom. The summed E-state index contributed by atoms with van der Waals surface area (Å²) in [5, 5.41) is 15.6. The van der Waals surface area contributed by atoms with E-state index in [1.54, 1.807) is 35.7 Å². The number of nitrogens with one attached hydrogen (secondary N) is 1. The van der Waals surface area contributed by atoms with E-state index in [1.807, 2.05) is 6.07 Å². The number of ether oxygens (including phenoxy) is 2. The summed E-state index contributed by atoms with van der Waals surface area (Å²) in [7, 11) is 0. The Kier molecular flexibility index (Phi) is 4.43. The maximum atomic E-state index is 12.4. The normalized spacial score (nSPS) is 15.2. The summed E-state index contributed by atoms with van der Waals surface area (Å²) >= 11 is 1.26. The van der Waals surface area contributed by atoms with Crippen molar-refractivity contribution in [3.05, 3.63) is 64.0 Å². The van der Waals surface area contributed by atoms with Crippen molar-refractivity contribution in [2.24, 2.45) is 0 Å². The fraction of sp³-hybridized carbons (Fsp3) is 0.111. The van der Waals surface area contributed by atoms with Crippen LogP contribution in [0.2, 0.25) is 0 Å². The molecule has 1 aliphatic rings. The number of nitro benzene ring substituents is 1. The highest BCUT2D eigenvalue weighted by atomic mass is 32.1. The first kappa shape index (κ1) is 17.0. The van der Waals surface area contributed by atoms with E-state index < -0.39 is 11.0 Å². The highest BCUT2D eigenvalue weighted by molar-refractivity contribution is 7.14. The smallest absolute Gasteiger partial charge is 0.270 e. The number of aromatic nitrogens is 1. The summed E-state index contributed by atoms with van der Waals surface area (Å²) in [6.07, 6.45) is -0.772. The predicted octanol–water partition coefficient (Wildman–Crippen LogP) is 3.50. The van der Waals surface area contributed by atoms with Crippen molar-refractivity contribution in [2.75, 3.05) is 11.9 Å². The first-order valence-electron chi connectivity index (χ1n) is 8.00. The number of amides is 1. The third-order valence-corrected chi connectivity index (χ3v) is 4.67. The van der Waals surface area contributed by atoms with Gasteiger partial charge in [-0.1, -0.05) is 12.1 Å². The molecule has 1 unspecified atom stereocenters. The SMILES string of the molecule is O=C(Nc1nc(-c2ccc([N+](=O)[O-])cc2)cs1)C1COc2ccccc2O1. The number of rotatable bonds is 4. The number of nitrogens with zero attached hydrogens (tertiary/aromatic N) is 2. The minimum absolute atomic E-state index is 0.0113. The zero-order valence-corrected chi connectivity index (χ0v) is 14.6. The number of para-hydroxylation sites is 2. The number of hydrogen-bond acceptors (Lipinski definition) is 7. The van der Waals surface area contributed by atoms with Crippen molar-refractivity contribution in [2.45, 2.75) is 6.10 Å². The van der Waals surface area contributed by atoms with Crippen LogP contribution < -0.4 is 14.8 Å². The van der Waals surface area contributed by atoms with Gasteiger partial charge < -0.3 is 9.47 Å². The van der Waals surface area contributed by atoms with Crippen molar-refractivity contribution < 1.29 is 19.2 Å². The minimum Gasteiger partial charge on any atom is -0.485 e. The van der Waals surface area contributed by atoms with Gasteiger partial charge >= 0.3 is 0 Å². The third-order valence-electron chi connectivity index (χ3n) is 3.91. The third kappa shape index (κ3) is 3.58. The molecule has 0 fully saturated rings. The lowest BCUT2D eigenvalue weighted by Crippen LogP contribution is -2.40. The van der Waals surface area contributed by atoms with Crippen molar-refractivity contribution in [3.63, 3.8) is 0 Å². The van der Waals surface area contributed by atoms with E-state index in [0.29, 0.717) is 22.3 Å². The predicted molar refractivity (Wildman–Crippen MR) is 99.2 cm³/mol. The fourth-order valence-electron chi connectivity index (χ4n) is 2.55. The van der Waals surface area contributed by atoms with Crippen molar-refractivity contribution in [1.82, 2.24) is 4.98 Å². The molecule has 0 spiro atoms. The van der Waals surface area contributed by atoms with E-state index in [4.69, 9.17) is 9.47 Å². The van der Waals surface area contributed by atoms with Gasteiger partial charge in [0.25, 0.3) is 11.6 Å². The van der Waals surface area contributed by atoms with Crippen LogP contribution in [0, 0.1) is 10.1 Å². The van der Waals surface area contributed by atoms with Gasteiger partial charge in [-0.3, -0.25) is 20.2 Å². The Morgan fingerprint density at radius 2 is 1.93 bits per heavy atom. The van der Waals surface area contributed by atoms with Crippen molar-refractivity contribution >= 4 is 28.1 Å². The van der Waals surface area contributed by atoms with Gasteiger partial charge in [-0.05, 0) is 24.3 Å². The van der Waals surface area contributed by atoms with E-state index in [2.05, 4.69) is 10.3 Å². The molecular formula is C18H13N3O5S. The van der Waals surface area contributed by atoms with Gasteiger partial charge in [0.2, 0.25) is 6.10 Å². The first-order chi connectivity index (χ1) is 13.1. The molecular weight excluding hydrogens is 370 g/mol. The molecule has 0 saturated heterocycles. The number of benzene rings is 2. The summed E-state index contributed by atoms with van der Waals surface area (Å²) < 4.78 is 11.2. The van der Waals surface area contributed by atoms with Crippen LogP contribution in [0.25, 0.3) is 11.3 Å². The molecule has 3 aromatic rings. The molecule has 9 heteroatoms. The molecule has 1 atom stereocenters. The highest BCUT2D eigenvalue weighted by Gasteiger charge is 2.27. The number of non-ortho nitro benzene ring substituents is 1. The number of nitro groups is 1. The van der Waals surface area contributed by atoms with Crippen LogP contribution in [0.3, 0.4) is 0 Å². The molecule has 1 aliphatic heterocycles. The van der Waals surface area contributed by atoms with E-state index in [-0.39, 0.29) is 18.2 Å². The molecule has 2 aromatic carbocycles. The first-order valence-corrected chi connectivity index (χ1v) is 8.88. The minimum atomic E-state index is -0.772. The molecule has 1 amide bonds. The van der Waals surface area contributed by atoms with Crippen LogP contribution >= 0.6 is 11.3 Å². The van der Waals surface area contributed by atoms with Crippen LogP contribution in [0.4, 0.5) is 10.8 Å². The number of thiazole rings is 1. The summed E-state index contributed by atoms with van der Waals surface area (Å²) in [6.45, 7) is 0.115. The van der Waals surface area contributed by atoms with Gasteiger partial charge in [-0.25, -0.2) is 4.98 Å². The maximum absolute atomic E-state index is 12.4. The number of hydrogen-bond donors (Lipinski definition) is 1. The Morgan fingerprint density at radius 1 is 1.19 bits per heavy atom. The van der Waals surface area contributed by atoms with E-state index in [1.165, 1.54) is 23.5 Å². The molecule has 0 radical (unpaired) electrons. The second kappa shape index (κ2) is 7.04.